The van der Waals surface area contributed by atoms with Crippen LogP contribution in [0, 0.1) is 11.7 Å². The van der Waals surface area contributed by atoms with Crippen molar-refractivity contribution >= 4 is 11.0 Å². The number of fused-ring (bicyclic) bond motifs is 1. The summed E-state index contributed by atoms with van der Waals surface area (Å²) in [6.45, 7) is 9.09. The summed E-state index contributed by atoms with van der Waals surface area (Å²) < 4.78 is 19.5. The molecule has 0 saturated carbocycles. The maximum atomic E-state index is 14.3. The number of allylic oxidation sites excluding steroid dienone is 1. The molecule has 2 aromatic rings. The second-order valence-corrected chi connectivity index (χ2v) is 6.52. The van der Waals surface area contributed by atoms with E-state index in [0.717, 1.165) is 32.5 Å². The number of nitrogens with zero attached hydrogens (tertiary/aromatic N) is 3. The summed E-state index contributed by atoms with van der Waals surface area (Å²) >= 11 is 0. The van der Waals surface area contributed by atoms with Crippen molar-refractivity contribution in [3.8, 4) is 5.88 Å². The predicted molar refractivity (Wildman–Crippen MR) is 93.7 cm³/mol. The standard InChI is InChI=1S/C19H24FN3O/c1-13(2)14-6-9-23(10-7-14)11-8-15-16(20)12-21-17-4-5-18(24-3)22-19(15)17/h4-5,12,14H,1,6-11H2,2-3H3. The van der Waals surface area contributed by atoms with Crippen LogP contribution in [0.3, 0.4) is 0 Å². The van der Waals surface area contributed by atoms with Crippen molar-refractivity contribution in [3.63, 3.8) is 0 Å². The lowest BCUT2D eigenvalue weighted by Crippen LogP contribution is -2.35. The molecule has 3 heterocycles. The van der Waals surface area contributed by atoms with Gasteiger partial charge in [-0.25, -0.2) is 9.37 Å². The zero-order valence-corrected chi connectivity index (χ0v) is 14.4. The molecule has 1 saturated heterocycles. The van der Waals surface area contributed by atoms with Crippen LogP contribution >= 0.6 is 0 Å². The number of pyridine rings is 2. The highest BCUT2D eigenvalue weighted by molar-refractivity contribution is 5.78. The van der Waals surface area contributed by atoms with Gasteiger partial charge in [-0.05, 0) is 51.3 Å². The van der Waals surface area contributed by atoms with E-state index in [1.807, 2.05) is 6.07 Å². The van der Waals surface area contributed by atoms with Crippen LogP contribution < -0.4 is 4.74 Å². The molecule has 5 heteroatoms. The quantitative estimate of drug-likeness (QED) is 0.786. The first kappa shape index (κ1) is 16.8. The molecule has 1 aliphatic rings. The summed E-state index contributed by atoms with van der Waals surface area (Å²) in [5.41, 5.74) is 3.21. The summed E-state index contributed by atoms with van der Waals surface area (Å²) in [7, 11) is 1.56. The topological polar surface area (TPSA) is 38.2 Å². The van der Waals surface area contributed by atoms with Crippen molar-refractivity contribution in [2.75, 3.05) is 26.7 Å². The van der Waals surface area contributed by atoms with Crippen molar-refractivity contribution in [1.82, 2.24) is 14.9 Å². The average molecular weight is 329 g/mol. The summed E-state index contributed by atoms with van der Waals surface area (Å²) in [5, 5.41) is 0. The Hall–Kier alpha value is -2.01. The van der Waals surface area contributed by atoms with Crippen molar-refractivity contribution < 1.29 is 9.13 Å². The van der Waals surface area contributed by atoms with Gasteiger partial charge in [-0.2, -0.15) is 0 Å². The molecule has 128 valence electrons. The van der Waals surface area contributed by atoms with E-state index in [1.165, 1.54) is 11.8 Å². The summed E-state index contributed by atoms with van der Waals surface area (Å²) in [6, 6.07) is 3.57. The zero-order chi connectivity index (χ0) is 17.1. The van der Waals surface area contributed by atoms with Crippen LogP contribution in [0.15, 0.2) is 30.5 Å². The number of rotatable bonds is 5. The van der Waals surface area contributed by atoms with E-state index in [1.54, 1.807) is 13.2 Å². The van der Waals surface area contributed by atoms with Gasteiger partial charge in [0, 0.05) is 18.2 Å². The minimum absolute atomic E-state index is 0.292. The minimum Gasteiger partial charge on any atom is -0.481 e. The molecule has 0 atom stereocenters. The Balaban J connectivity index is 1.73. The Kier molecular flexibility index (Phi) is 5.09. The molecule has 0 bridgehead atoms. The van der Waals surface area contributed by atoms with E-state index >= 15 is 0 Å². The fourth-order valence-corrected chi connectivity index (χ4v) is 3.35. The number of ether oxygens (including phenoxy) is 1. The van der Waals surface area contributed by atoms with Gasteiger partial charge in [0.05, 0.1) is 24.3 Å². The monoisotopic (exact) mass is 329 g/mol. The number of methoxy groups -OCH3 is 1. The van der Waals surface area contributed by atoms with Crippen LogP contribution in [0.2, 0.25) is 0 Å². The van der Waals surface area contributed by atoms with E-state index in [-0.39, 0.29) is 5.82 Å². The van der Waals surface area contributed by atoms with Crippen molar-refractivity contribution in [2.45, 2.75) is 26.2 Å². The molecule has 1 fully saturated rings. The molecule has 24 heavy (non-hydrogen) atoms. The lowest BCUT2D eigenvalue weighted by atomic mass is 9.91. The van der Waals surface area contributed by atoms with Crippen LogP contribution in [-0.2, 0) is 6.42 Å². The summed E-state index contributed by atoms with van der Waals surface area (Å²) in [4.78, 5) is 10.9. The van der Waals surface area contributed by atoms with Gasteiger partial charge in [0.15, 0.2) is 0 Å². The van der Waals surface area contributed by atoms with Crippen LogP contribution in [0.5, 0.6) is 5.88 Å². The van der Waals surface area contributed by atoms with Crippen molar-refractivity contribution in [1.29, 1.82) is 0 Å². The molecular weight excluding hydrogens is 305 g/mol. The van der Waals surface area contributed by atoms with Gasteiger partial charge in [0.2, 0.25) is 5.88 Å². The van der Waals surface area contributed by atoms with Crippen LogP contribution in [0.1, 0.15) is 25.3 Å². The molecule has 1 aliphatic heterocycles. The highest BCUT2D eigenvalue weighted by Gasteiger charge is 2.20. The largest absolute Gasteiger partial charge is 0.481 e. The molecule has 2 aromatic heterocycles. The first-order chi connectivity index (χ1) is 11.6. The van der Waals surface area contributed by atoms with Crippen LogP contribution in [-0.4, -0.2) is 41.6 Å². The van der Waals surface area contributed by atoms with Gasteiger partial charge in [-0.1, -0.05) is 12.2 Å². The molecule has 4 nitrogen and oxygen atoms in total. The molecule has 3 rings (SSSR count). The lowest BCUT2D eigenvalue weighted by Gasteiger charge is -2.32. The average Bonchev–Trinajstić information content (AvgIpc) is 2.60. The first-order valence-electron chi connectivity index (χ1n) is 8.44. The van der Waals surface area contributed by atoms with E-state index in [0.29, 0.717) is 34.8 Å². The Morgan fingerprint density at radius 2 is 2.12 bits per heavy atom. The highest BCUT2D eigenvalue weighted by atomic mass is 19.1. The third-order valence-corrected chi connectivity index (χ3v) is 4.91. The number of halogens is 1. The smallest absolute Gasteiger partial charge is 0.213 e. The maximum Gasteiger partial charge on any atom is 0.213 e. The molecule has 0 spiro atoms. The Morgan fingerprint density at radius 3 is 2.79 bits per heavy atom. The fraction of sp³-hybridized carbons (Fsp3) is 0.474. The fourth-order valence-electron chi connectivity index (χ4n) is 3.35. The molecule has 0 aliphatic carbocycles. The predicted octanol–water partition coefficient (Wildman–Crippen LogP) is 3.61. The van der Waals surface area contributed by atoms with E-state index in [9.17, 15) is 4.39 Å². The maximum absolute atomic E-state index is 14.3. The first-order valence-corrected chi connectivity index (χ1v) is 8.44. The molecule has 0 N–H and O–H groups in total. The number of likely N-dealkylation sites (tertiary alicyclic amines) is 1. The van der Waals surface area contributed by atoms with Crippen molar-refractivity contribution in [3.05, 3.63) is 41.9 Å². The zero-order valence-electron chi connectivity index (χ0n) is 14.4. The van der Waals surface area contributed by atoms with E-state index in [4.69, 9.17) is 4.74 Å². The number of hydrogen-bond acceptors (Lipinski definition) is 4. The van der Waals surface area contributed by atoms with Gasteiger partial charge in [-0.3, -0.25) is 4.98 Å². The number of piperidine rings is 1. The summed E-state index contributed by atoms with van der Waals surface area (Å²) in [5.74, 6) is 0.823. The SMILES string of the molecule is C=C(C)C1CCN(CCc2c(F)cnc3ccc(OC)nc23)CC1. The van der Waals surface area contributed by atoms with Crippen LogP contribution in [0.25, 0.3) is 11.0 Å². The molecule has 0 radical (unpaired) electrons. The Morgan fingerprint density at radius 1 is 1.38 bits per heavy atom. The third-order valence-electron chi connectivity index (χ3n) is 4.91. The van der Waals surface area contributed by atoms with Gasteiger partial charge in [0.1, 0.15) is 5.82 Å². The molecule has 0 aromatic carbocycles. The molecular formula is C19H24FN3O. The second kappa shape index (κ2) is 7.26. The Labute approximate surface area is 142 Å². The van der Waals surface area contributed by atoms with Gasteiger partial charge in [0.25, 0.3) is 0 Å². The third kappa shape index (κ3) is 3.56. The lowest BCUT2D eigenvalue weighted by molar-refractivity contribution is 0.200. The molecule has 0 amide bonds. The summed E-state index contributed by atoms with van der Waals surface area (Å²) in [6.07, 6.45) is 4.20. The van der Waals surface area contributed by atoms with Gasteiger partial charge < -0.3 is 9.64 Å². The number of aromatic nitrogens is 2. The Bertz CT molecular complexity index is 739. The van der Waals surface area contributed by atoms with Crippen molar-refractivity contribution in [2.24, 2.45) is 5.92 Å². The second-order valence-electron chi connectivity index (χ2n) is 6.52. The highest BCUT2D eigenvalue weighted by Crippen LogP contribution is 2.25. The number of hydrogen-bond donors (Lipinski definition) is 0. The molecule has 0 unspecified atom stereocenters. The van der Waals surface area contributed by atoms with Gasteiger partial charge >= 0.3 is 0 Å². The van der Waals surface area contributed by atoms with Gasteiger partial charge in [-0.15, -0.1) is 0 Å². The van der Waals surface area contributed by atoms with Crippen LogP contribution in [0.4, 0.5) is 4.39 Å². The minimum atomic E-state index is -0.292. The van der Waals surface area contributed by atoms with E-state index in [2.05, 4.69) is 28.4 Å². The normalized spacial score (nSPS) is 16.5. The van der Waals surface area contributed by atoms with E-state index < -0.39 is 0 Å².